The molecule has 1 aromatic heterocycles. The standard InChI is InChI=1S/C13H20N4O3/c1-14-9-3-5-10(6-4-9)16(2)13(18)11-7-8-12(15-11)17(19)20/h7-10,14-15H,3-6H2,1-2H3. The molecule has 1 heterocycles. The maximum absolute atomic E-state index is 12.3. The van der Waals surface area contributed by atoms with Crippen LogP contribution in [0.25, 0.3) is 0 Å². The Morgan fingerprint density at radius 2 is 2.05 bits per heavy atom. The molecule has 0 aliphatic heterocycles. The molecular formula is C13H20N4O3. The third-order valence-electron chi connectivity index (χ3n) is 4.07. The summed E-state index contributed by atoms with van der Waals surface area (Å²) in [5.74, 6) is -0.341. The fraction of sp³-hybridized carbons (Fsp3) is 0.615. The van der Waals surface area contributed by atoms with Gasteiger partial charge in [-0.3, -0.25) is 4.79 Å². The third kappa shape index (κ3) is 2.98. The summed E-state index contributed by atoms with van der Waals surface area (Å²) in [7, 11) is 3.72. The fourth-order valence-corrected chi connectivity index (χ4v) is 2.72. The topological polar surface area (TPSA) is 91.3 Å². The molecule has 7 heteroatoms. The van der Waals surface area contributed by atoms with Gasteiger partial charge in [-0.1, -0.05) is 0 Å². The number of H-pyrrole nitrogens is 1. The molecule has 20 heavy (non-hydrogen) atoms. The maximum atomic E-state index is 12.3. The highest BCUT2D eigenvalue weighted by atomic mass is 16.6. The Bertz CT molecular complexity index is 492. The molecule has 0 aromatic carbocycles. The van der Waals surface area contributed by atoms with E-state index in [9.17, 15) is 14.9 Å². The minimum atomic E-state index is -0.533. The summed E-state index contributed by atoms with van der Waals surface area (Å²) in [6, 6.07) is 3.52. The molecule has 0 atom stereocenters. The number of carbonyl (C=O) groups excluding carboxylic acids is 1. The van der Waals surface area contributed by atoms with Crippen LogP contribution in [0.3, 0.4) is 0 Å². The second kappa shape index (κ2) is 6.04. The Hall–Kier alpha value is -1.89. The smallest absolute Gasteiger partial charge is 0.321 e. The molecule has 110 valence electrons. The van der Waals surface area contributed by atoms with Crippen molar-refractivity contribution >= 4 is 11.7 Å². The molecule has 0 saturated heterocycles. The van der Waals surface area contributed by atoms with Gasteiger partial charge in [0, 0.05) is 25.2 Å². The first-order valence-electron chi connectivity index (χ1n) is 6.80. The summed E-state index contributed by atoms with van der Waals surface area (Å²) >= 11 is 0. The van der Waals surface area contributed by atoms with E-state index in [-0.39, 0.29) is 23.5 Å². The molecule has 0 spiro atoms. The lowest BCUT2D eigenvalue weighted by Gasteiger charge is -2.34. The first kappa shape index (κ1) is 14.5. The largest absolute Gasteiger partial charge is 0.358 e. The number of aromatic nitrogens is 1. The highest BCUT2D eigenvalue weighted by Gasteiger charge is 2.28. The number of nitro groups is 1. The molecule has 1 aliphatic rings. The van der Waals surface area contributed by atoms with Gasteiger partial charge in [0.1, 0.15) is 0 Å². The summed E-state index contributed by atoms with van der Waals surface area (Å²) in [6.07, 6.45) is 4.00. The van der Waals surface area contributed by atoms with Crippen molar-refractivity contribution in [1.82, 2.24) is 15.2 Å². The summed E-state index contributed by atoms with van der Waals surface area (Å²) in [5.41, 5.74) is 0.273. The quantitative estimate of drug-likeness (QED) is 0.646. The lowest BCUT2D eigenvalue weighted by Crippen LogP contribution is -2.42. The van der Waals surface area contributed by atoms with Crippen molar-refractivity contribution in [3.8, 4) is 0 Å². The Kier molecular flexibility index (Phi) is 4.39. The van der Waals surface area contributed by atoms with Gasteiger partial charge in [-0.25, -0.2) is 4.98 Å². The van der Waals surface area contributed by atoms with Crippen molar-refractivity contribution in [1.29, 1.82) is 0 Å². The van der Waals surface area contributed by atoms with Crippen molar-refractivity contribution in [2.45, 2.75) is 37.8 Å². The molecule has 1 aliphatic carbocycles. The molecule has 0 radical (unpaired) electrons. The van der Waals surface area contributed by atoms with Crippen LogP contribution in [0.1, 0.15) is 36.2 Å². The molecule has 1 amide bonds. The number of hydrogen-bond donors (Lipinski definition) is 2. The van der Waals surface area contributed by atoms with Crippen LogP contribution in [-0.4, -0.2) is 46.9 Å². The highest BCUT2D eigenvalue weighted by molar-refractivity contribution is 5.92. The molecule has 2 rings (SSSR count). The Balaban J connectivity index is 1.99. The predicted molar refractivity (Wildman–Crippen MR) is 74.6 cm³/mol. The van der Waals surface area contributed by atoms with E-state index in [0.29, 0.717) is 6.04 Å². The predicted octanol–water partition coefficient (Wildman–Crippen LogP) is 1.53. The van der Waals surface area contributed by atoms with E-state index in [0.717, 1.165) is 25.7 Å². The van der Waals surface area contributed by atoms with Gasteiger partial charge < -0.3 is 20.3 Å². The lowest BCUT2D eigenvalue weighted by atomic mass is 9.90. The van der Waals surface area contributed by atoms with Gasteiger partial charge in [0.05, 0.1) is 0 Å². The normalized spacial score (nSPS) is 22.5. The van der Waals surface area contributed by atoms with E-state index < -0.39 is 4.92 Å². The summed E-state index contributed by atoms with van der Waals surface area (Å²) in [6.45, 7) is 0. The highest BCUT2D eigenvalue weighted by Crippen LogP contribution is 2.23. The zero-order valence-electron chi connectivity index (χ0n) is 11.8. The first-order valence-corrected chi connectivity index (χ1v) is 6.80. The van der Waals surface area contributed by atoms with Gasteiger partial charge >= 0.3 is 5.82 Å². The number of rotatable bonds is 4. The van der Waals surface area contributed by atoms with E-state index in [2.05, 4.69) is 10.3 Å². The van der Waals surface area contributed by atoms with Crippen molar-refractivity contribution < 1.29 is 9.72 Å². The number of hydrogen-bond acceptors (Lipinski definition) is 4. The Morgan fingerprint density at radius 1 is 1.40 bits per heavy atom. The van der Waals surface area contributed by atoms with E-state index >= 15 is 0 Å². The van der Waals surface area contributed by atoms with Gasteiger partial charge in [-0.2, -0.15) is 0 Å². The minimum absolute atomic E-state index is 0.152. The van der Waals surface area contributed by atoms with Crippen LogP contribution in [0.2, 0.25) is 0 Å². The number of nitrogens with one attached hydrogen (secondary N) is 2. The van der Waals surface area contributed by atoms with E-state index in [4.69, 9.17) is 0 Å². The zero-order valence-corrected chi connectivity index (χ0v) is 11.8. The van der Waals surface area contributed by atoms with Crippen LogP contribution in [0.5, 0.6) is 0 Å². The second-order valence-corrected chi connectivity index (χ2v) is 5.22. The fourth-order valence-electron chi connectivity index (χ4n) is 2.72. The van der Waals surface area contributed by atoms with E-state index in [1.54, 1.807) is 11.9 Å². The number of aromatic amines is 1. The third-order valence-corrected chi connectivity index (χ3v) is 4.07. The summed E-state index contributed by atoms with van der Waals surface area (Å²) in [4.78, 5) is 26.6. The van der Waals surface area contributed by atoms with Crippen LogP contribution >= 0.6 is 0 Å². The molecule has 0 bridgehead atoms. The minimum Gasteiger partial charge on any atom is -0.358 e. The number of carbonyl (C=O) groups is 1. The van der Waals surface area contributed by atoms with E-state index in [1.165, 1.54) is 12.1 Å². The lowest BCUT2D eigenvalue weighted by molar-refractivity contribution is -0.389. The molecule has 1 aromatic rings. The molecule has 7 nitrogen and oxygen atoms in total. The van der Waals surface area contributed by atoms with Crippen LogP contribution in [0.15, 0.2) is 12.1 Å². The average Bonchev–Trinajstić information content (AvgIpc) is 2.96. The number of nitrogens with zero attached hydrogens (tertiary/aromatic N) is 2. The SMILES string of the molecule is CNC1CCC(N(C)C(=O)c2ccc([N+](=O)[O-])[nH]2)CC1. The van der Waals surface area contributed by atoms with Crippen molar-refractivity contribution in [3.63, 3.8) is 0 Å². The Labute approximate surface area is 117 Å². The average molecular weight is 280 g/mol. The van der Waals surface area contributed by atoms with Crippen LogP contribution in [0.4, 0.5) is 5.82 Å². The zero-order chi connectivity index (χ0) is 14.7. The maximum Gasteiger partial charge on any atom is 0.321 e. The van der Waals surface area contributed by atoms with Crippen molar-refractivity contribution in [2.24, 2.45) is 0 Å². The van der Waals surface area contributed by atoms with Crippen LogP contribution in [0, 0.1) is 10.1 Å². The number of amides is 1. The monoisotopic (exact) mass is 280 g/mol. The summed E-state index contributed by atoms with van der Waals surface area (Å²) in [5, 5.41) is 13.9. The van der Waals surface area contributed by atoms with Crippen molar-refractivity contribution in [3.05, 3.63) is 27.9 Å². The molecule has 2 N–H and O–H groups in total. The van der Waals surface area contributed by atoms with Gasteiger partial charge in [0.25, 0.3) is 5.91 Å². The van der Waals surface area contributed by atoms with Gasteiger partial charge in [-0.15, -0.1) is 0 Å². The summed E-state index contributed by atoms with van der Waals surface area (Å²) < 4.78 is 0. The van der Waals surface area contributed by atoms with E-state index in [1.807, 2.05) is 7.05 Å². The van der Waals surface area contributed by atoms with Gasteiger partial charge in [0.15, 0.2) is 5.69 Å². The molecule has 1 fully saturated rings. The van der Waals surface area contributed by atoms with Crippen LogP contribution < -0.4 is 5.32 Å². The van der Waals surface area contributed by atoms with Crippen molar-refractivity contribution in [2.75, 3.05) is 14.1 Å². The van der Waals surface area contributed by atoms with Gasteiger partial charge in [-0.05, 0) is 43.7 Å². The first-order chi connectivity index (χ1) is 9.52. The molecular weight excluding hydrogens is 260 g/mol. The molecule has 1 saturated carbocycles. The van der Waals surface area contributed by atoms with Crippen LogP contribution in [-0.2, 0) is 0 Å². The second-order valence-electron chi connectivity index (χ2n) is 5.22. The van der Waals surface area contributed by atoms with Gasteiger partial charge in [0.2, 0.25) is 0 Å². The molecule has 0 unspecified atom stereocenters. The Morgan fingerprint density at radius 3 is 2.55 bits per heavy atom.